The Bertz CT molecular complexity index is 987. The average Bonchev–Trinajstić information content (AvgIpc) is 3.02. The number of carbonyl (C=O) groups is 2. The van der Waals surface area contributed by atoms with Gasteiger partial charge in [0.15, 0.2) is 6.54 Å². The highest BCUT2D eigenvalue weighted by Gasteiger charge is 2.14. The number of nitrogens with zero attached hydrogens (tertiary/aromatic N) is 2. The fraction of sp³-hybridized carbons (Fsp3) is 0.167. The maximum absolute atomic E-state index is 12.2. The molecule has 0 unspecified atom stereocenters. The monoisotopic (exact) mass is 390 g/mol. The lowest BCUT2D eigenvalue weighted by atomic mass is 10.1. The molecule has 27 heavy (non-hydrogen) atoms. The van der Waals surface area contributed by atoms with Crippen molar-refractivity contribution in [3.8, 4) is 5.75 Å². The molecule has 0 bridgehead atoms. The summed E-state index contributed by atoms with van der Waals surface area (Å²) in [5.74, 6) is -0.331. The fourth-order valence-electron chi connectivity index (χ4n) is 2.66. The van der Waals surface area contributed by atoms with Gasteiger partial charge in [0.05, 0.1) is 25.5 Å². The van der Waals surface area contributed by atoms with Crippen molar-refractivity contribution in [2.75, 3.05) is 17.7 Å². The number of aromatic hydroxyl groups is 1. The SMILES string of the molecule is COC(=O)Nc1cccc2c(O)c(NC(=O)Cn3cc[n+](C)c3)ccc12.[Cl-]. The molecule has 1 heterocycles. The number of benzene rings is 2. The Labute approximate surface area is 161 Å². The van der Waals surface area contributed by atoms with Crippen molar-refractivity contribution in [1.82, 2.24) is 4.57 Å². The average molecular weight is 391 g/mol. The smallest absolute Gasteiger partial charge is 0.411 e. The van der Waals surface area contributed by atoms with Crippen molar-refractivity contribution < 1.29 is 36.4 Å². The number of aromatic nitrogens is 2. The third-order valence-corrected chi connectivity index (χ3v) is 3.88. The van der Waals surface area contributed by atoms with Gasteiger partial charge >= 0.3 is 6.09 Å². The van der Waals surface area contributed by atoms with Crippen LogP contribution in [-0.2, 0) is 23.1 Å². The Hall–Kier alpha value is -3.26. The molecule has 0 aliphatic rings. The van der Waals surface area contributed by atoms with E-state index >= 15 is 0 Å². The van der Waals surface area contributed by atoms with Gasteiger partial charge in [-0.15, -0.1) is 0 Å². The molecule has 0 radical (unpaired) electrons. The molecule has 3 N–H and O–H groups in total. The van der Waals surface area contributed by atoms with E-state index in [0.29, 0.717) is 22.1 Å². The van der Waals surface area contributed by atoms with Gasteiger partial charge < -0.3 is 27.6 Å². The van der Waals surface area contributed by atoms with E-state index in [-0.39, 0.29) is 30.6 Å². The molecule has 0 aliphatic heterocycles. The van der Waals surface area contributed by atoms with E-state index in [1.54, 1.807) is 47.4 Å². The first kappa shape index (κ1) is 20.1. The van der Waals surface area contributed by atoms with Gasteiger partial charge in [0.25, 0.3) is 5.91 Å². The molecule has 0 saturated carbocycles. The van der Waals surface area contributed by atoms with Gasteiger partial charge in [-0.25, -0.2) is 13.9 Å². The van der Waals surface area contributed by atoms with Crippen LogP contribution in [-0.4, -0.2) is 28.8 Å². The number of phenols is 1. The zero-order valence-electron chi connectivity index (χ0n) is 14.8. The van der Waals surface area contributed by atoms with E-state index < -0.39 is 6.09 Å². The molecule has 142 valence electrons. The van der Waals surface area contributed by atoms with Crippen molar-refractivity contribution in [2.24, 2.45) is 7.05 Å². The number of imidazole rings is 1. The van der Waals surface area contributed by atoms with Gasteiger partial charge in [-0.3, -0.25) is 10.1 Å². The molecule has 2 amide bonds. The zero-order chi connectivity index (χ0) is 18.7. The molecular weight excluding hydrogens is 372 g/mol. The first-order chi connectivity index (χ1) is 12.5. The van der Waals surface area contributed by atoms with Crippen molar-refractivity contribution in [1.29, 1.82) is 0 Å². The molecule has 9 heteroatoms. The molecule has 8 nitrogen and oxygen atoms in total. The molecule has 0 atom stereocenters. The van der Waals surface area contributed by atoms with Crippen LogP contribution in [0.2, 0.25) is 0 Å². The first-order valence-corrected chi connectivity index (χ1v) is 7.88. The fourth-order valence-corrected chi connectivity index (χ4v) is 2.66. The predicted octanol–water partition coefficient (Wildman–Crippen LogP) is -1.01. The lowest BCUT2D eigenvalue weighted by Gasteiger charge is -2.12. The second-order valence-corrected chi connectivity index (χ2v) is 5.78. The minimum Gasteiger partial charge on any atom is -1.00 e. The lowest BCUT2D eigenvalue weighted by Crippen LogP contribution is -3.00. The molecule has 3 aromatic rings. The third-order valence-electron chi connectivity index (χ3n) is 3.88. The maximum Gasteiger partial charge on any atom is 0.411 e. The van der Waals surface area contributed by atoms with Gasteiger partial charge in [0, 0.05) is 10.8 Å². The molecule has 2 aromatic carbocycles. The Morgan fingerprint density at radius 1 is 1.15 bits per heavy atom. The number of aryl methyl sites for hydroxylation is 1. The predicted molar refractivity (Wildman–Crippen MR) is 95.9 cm³/mol. The highest BCUT2D eigenvalue weighted by atomic mass is 35.5. The number of amides is 2. The molecule has 0 aliphatic carbocycles. The zero-order valence-corrected chi connectivity index (χ0v) is 15.5. The third kappa shape index (κ3) is 4.48. The van der Waals surface area contributed by atoms with E-state index in [4.69, 9.17) is 0 Å². The second kappa shape index (κ2) is 8.41. The standard InChI is InChI=1S/C18H18N4O4.ClH/c1-21-8-9-22(11-21)10-16(23)19-15-7-6-12-13(17(15)24)4-3-5-14(12)20-18(25)26-2;/h3-9,11H,10H2,1-2H3,(H2-,19,20,23,24,25);1H. The summed E-state index contributed by atoms with van der Waals surface area (Å²) in [5, 5.41) is 16.9. The van der Waals surface area contributed by atoms with Crippen molar-refractivity contribution in [3.05, 3.63) is 49.1 Å². The Kier molecular flexibility index (Phi) is 6.25. The van der Waals surface area contributed by atoms with Crippen molar-refractivity contribution in [2.45, 2.75) is 6.54 Å². The van der Waals surface area contributed by atoms with Gasteiger partial charge in [-0.2, -0.15) is 0 Å². The number of phenolic OH excluding ortho intramolecular Hbond substituents is 1. The van der Waals surface area contributed by atoms with E-state index in [1.807, 2.05) is 17.8 Å². The van der Waals surface area contributed by atoms with Crippen LogP contribution >= 0.6 is 0 Å². The van der Waals surface area contributed by atoms with Crippen LogP contribution in [0, 0.1) is 0 Å². The highest BCUT2D eigenvalue weighted by Crippen LogP contribution is 2.36. The largest absolute Gasteiger partial charge is 1.00 e. The molecule has 0 spiro atoms. The summed E-state index contributed by atoms with van der Waals surface area (Å²) in [4.78, 5) is 23.6. The van der Waals surface area contributed by atoms with Gasteiger partial charge in [0.1, 0.15) is 18.1 Å². The van der Waals surface area contributed by atoms with Crippen LogP contribution in [0.5, 0.6) is 5.75 Å². The normalized spacial score (nSPS) is 10.1. The maximum atomic E-state index is 12.2. The Morgan fingerprint density at radius 2 is 1.93 bits per heavy atom. The Morgan fingerprint density at radius 3 is 2.59 bits per heavy atom. The summed E-state index contributed by atoms with van der Waals surface area (Å²) in [6, 6.07) is 8.40. The van der Waals surface area contributed by atoms with Gasteiger partial charge in [-0.05, 0) is 18.2 Å². The number of halogens is 1. The number of carbonyl (C=O) groups excluding carboxylic acids is 2. The van der Waals surface area contributed by atoms with Crippen LogP contribution in [0.4, 0.5) is 16.2 Å². The second-order valence-electron chi connectivity index (χ2n) is 5.78. The van der Waals surface area contributed by atoms with Crippen LogP contribution in [0.3, 0.4) is 0 Å². The number of hydrogen-bond acceptors (Lipinski definition) is 4. The molecule has 0 saturated heterocycles. The van der Waals surface area contributed by atoms with Crippen LogP contribution in [0.1, 0.15) is 0 Å². The summed E-state index contributed by atoms with van der Waals surface area (Å²) >= 11 is 0. The summed E-state index contributed by atoms with van der Waals surface area (Å²) in [6.45, 7) is 0.127. The quantitative estimate of drug-likeness (QED) is 0.393. The highest BCUT2D eigenvalue weighted by molar-refractivity contribution is 6.06. The number of hydrogen-bond donors (Lipinski definition) is 3. The number of fused-ring (bicyclic) bond motifs is 1. The summed E-state index contributed by atoms with van der Waals surface area (Å²) in [6.07, 6.45) is 4.79. The Balaban J connectivity index is 0.00000261. The van der Waals surface area contributed by atoms with E-state index in [0.717, 1.165) is 0 Å². The number of ether oxygens (including phenoxy) is 1. The molecule has 1 aromatic heterocycles. The van der Waals surface area contributed by atoms with Gasteiger partial charge in [0.2, 0.25) is 6.33 Å². The number of rotatable bonds is 4. The van der Waals surface area contributed by atoms with Crippen molar-refractivity contribution in [3.63, 3.8) is 0 Å². The lowest BCUT2D eigenvalue weighted by molar-refractivity contribution is -0.671. The van der Waals surface area contributed by atoms with E-state index in [1.165, 1.54) is 7.11 Å². The minimum atomic E-state index is -0.603. The first-order valence-electron chi connectivity index (χ1n) is 7.88. The molecule has 0 fully saturated rings. The minimum absolute atomic E-state index is 0. The van der Waals surface area contributed by atoms with Crippen molar-refractivity contribution >= 4 is 34.1 Å². The number of anilines is 2. The van der Waals surface area contributed by atoms with Crippen LogP contribution in [0.15, 0.2) is 49.1 Å². The van der Waals surface area contributed by atoms with Crippen LogP contribution < -0.4 is 27.6 Å². The van der Waals surface area contributed by atoms with E-state index in [9.17, 15) is 14.7 Å². The summed E-state index contributed by atoms with van der Waals surface area (Å²) in [7, 11) is 3.14. The summed E-state index contributed by atoms with van der Waals surface area (Å²) < 4.78 is 8.15. The summed E-state index contributed by atoms with van der Waals surface area (Å²) in [5.41, 5.74) is 0.802. The van der Waals surface area contributed by atoms with Crippen LogP contribution in [0.25, 0.3) is 10.8 Å². The van der Waals surface area contributed by atoms with Gasteiger partial charge in [-0.1, -0.05) is 12.1 Å². The molecule has 3 rings (SSSR count). The number of methoxy groups -OCH3 is 1. The molecular formula is C18H19ClN4O4. The topological polar surface area (TPSA) is 96.5 Å². The van der Waals surface area contributed by atoms with E-state index in [2.05, 4.69) is 15.4 Å². The number of nitrogens with one attached hydrogen (secondary N) is 2.